The molecule has 0 radical (unpaired) electrons. The van der Waals surface area contributed by atoms with E-state index < -0.39 is 17.1 Å². The van der Waals surface area contributed by atoms with Crippen molar-refractivity contribution in [3.8, 4) is 11.3 Å². The monoisotopic (exact) mass is 735 g/mol. The molecule has 3 N–H and O–H groups in total. The minimum atomic E-state index is -0.653. The Morgan fingerprint density at radius 3 is 2.34 bits per heavy atom. The SMILES string of the molecule is O=C(Nc1cccc(SC(C(=O)Nc2nc(-c3ccc(Cl)cc3Cl)cs2)c2ccccc2)c1)/C(=C/c1cccnc1)NC(=O)c1ccccc1. The van der Waals surface area contributed by atoms with E-state index in [1.807, 2.05) is 41.8 Å². The number of amides is 3. The van der Waals surface area contributed by atoms with E-state index in [1.165, 1.54) is 23.1 Å². The summed E-state index contributed by atoms with van der Waals surface area (Å²) in [5.41, 5.74) is 3.67. The largest absolute Gasteiger partial charge is 0.321 e. The molecule has 2 aromatic heterocycles. The number of nitrogens with zero attached hydrogens (tertiary/aromatic N) is 2. The van der Waals surface area contributed by atoms with Crippen molar-refractivity contribution in [2.45, 2.75) is 10.1 Å². The van der Waals surface area contributed by atoms with E-state index in [2.05, 4.69) is 25.9 Å². The number of carbonyl (C=O) groups is 3. The fourth-order valence-electron chi connectivity index (χ4n) is 4.78. The molecule has 248 valence electrons. The summed E-state index contributed by atoms with van der Waals surface area (Å²) < 4.78 is 0. The molecule has 0 spiro atoms. The second-order valence-corrected chi connectivity index (χ2v) is 13.6. The highest BCUT2D eigenvalue weighted by atomic mass is 35.5. The lowest BCUT2D eigenvalue weighted by molar-refractivity contribution is -0.116. The molecule has 2 heterocycles. The van der Waals surface area contributed by atoms with Crippen LogP contribution in [0.3, 0.4) is 0 Å². The van der Waals surface area contributed by atoms with Crippen LogP contribution in [0.25, 0.3) is 17.3 Å². The van der Waals surface area contributed by atoms with Gasteiger partial charge in [0, 0.05) is 44.5 Å². The van der Waals surface area contributed by atoms with Crippen LogP contribution in [0.5, 0.6) is 0 Å². The highest BCUT2D eigenvalue weighted by Crippen LogP contribution is 2.38. The number of thioether (sulfide) groups is 1. The Hall–Kier alpha value is -5.26. The Balaban J connectivity index is 1.20. The number of rotatable bonds is 11. The third-order valence-corrected chi connectivity index (χ3v) is 9.71. The van der Waals surface area contributed by atoms with Gasteiger partial charge in [-0.25, -0.2) is 4.98 Å². The molecule has 0 aliphatic carbocycles. The van der Waals surface area contributed by atoms with Crippen molar-refractivity contribution < 1.29 is 14.4 Å². The van der Waals surface area contributed by atoms with Gasteiger partial charge in [0.05, 0.1) is 10.7 Å². The van der Waals surface area contributed by atoms with Gasteiger partial charge >= 0.3 is 0 Å². The fraction of sp³-hybridized carbons (Fsp3) is 0.0263. The molecule has 0 saturated heterocycles. The molecular formula is C38H27Cl2N5O3S2. The molecule has 1 atom stereocenters. The summed E-state index contributed by atoms with van der Waals surface area (Å²) in [6.45, 7) is 0. The van der Waals surface area contributed by atoms with Crippen LogP contribution in [0.1, 0.15) is 26.7 Å². The van der Waals surface area contributed by atoms with Crippen molar-refractivity contribution in [3.05, 3.63) is 165 Å². The van der Waals surface area contributed by atoms with Crippen LogP contribution < -0.4 is 16.0 Å². The Morgan fingerprint density at radius 1 is 0.820 bits per heavy atom. The van der Waals surface area contributed by atoms with Gasteiger partial charge in [-0.2, -0.15) is 0 Å². The second kappa shape index (κ2) is 16.4. The number of nitrogens with one attached hydrogen (secondary N) is 3. The summed E-state index contributed by atoms with van der Waals surface area (Å²) in [4.78, 5) is 49.8. The van der Waals surface area contributed by atoms with E-state index in [4.69, 9.17) is 23.2 Å². The molecule has 50 heavy (non-hydrogen) atoms. The van der Waals surface area contributed by atoms with E-state index in [0.717, 1.165) is 10.5 Å². The first-order valence-corrected chi connectivity index (χ1v) is 17.7. The Bertz CT molecular complexity index is 2160. The van der Waals surface area contributed by atoms with Gasteiger partial charge in [-0.1, -0.05) is 83.9 Å². The first-order valence-electron chi connectivity index (χ1n) is 15.2. The van der Waals surface area contributed by atoms with Crippen LogP contribution in [-0.4, -0.2) is 27.7 Å². The van der Waals surface area contributed by atoms with Crippen molar-refractivity contribution in [1.29, 1.82) is 0 Å². The molecule has 0 saturated carbocycles. The highest BCUT2D eigenvalue weighted by molar-refractivity contribution is 8.00. The minimum absolute atomic E-state index is 0.0363. The third-order valence-electron chi connectivity index (χ3n) is 7.15. The van der Waals surface area contributed by atoms with Gasteiger partial charge in [-0.3, -0.25) is 19.4 Å². The summed E-state index contributed by atoms with van der Waals surface area (Å²) in [6, 6.07) is 33.9. The number of pyridine rings is 1. The lowest BCUT2D eigenvalue weighted by Gasteiger charge is -2.17. The summed E-state index contributed by atoms with van der Waals surface area (Å²) in [5.74, 6) is -1.23. The number of anilines is 2. The number of hydrogen-bond acceptors (Lipinski definition) is 7. The molecule has 6 aromatic rings. The molecule has 0 aliphatic rings. The van der Waals surface area contributed by atoms with Gasteiger partial charge in [0.1, 0.15) is 10.9 Å². The number of thiazole rings is 1. The van der Waals surface area contributed by atoms with E-state index in [9.17, 15) is 14.4 Å². The van der Waals surface area contributed by atoms with Crippen molar-refractivity contribution in [3.63, 3.8) is 0 Å². The lowest BCUT2D eigenvalue weighted by Crippen LogP contribution is -2.30. The van der Waals surface area contributed by atoms with Crippen LogP contribution in [0.15, 0.2) is 144 Å². The molecule has 0 fully saturated rings. The van der Waals surface area contributed by atoms with Gasteiger partial charge in [-0.15, -0.1) is 23.1 Å². The molecular weight excluding hydrogens is 709 g/mol. The van der Waals surface area contributed by atoms with Crippen LogP contribution in [0, 0.1) is 0 Å². The molecule has 8 nitrogen and oxygen atoms in total. The van der Waals surface area contributed by atoms with Crippen LogP contribution in [0.4, 0.5) is 10.8 Å². The average molecular weight is 737 g/mol. The van der Waals surface area contributed by atoms with Gasteiger partial charge in [0.25, 0.3) is 11.8 Å². The smallest absolute Gasteiger partial charge is 0.272 e. The zero-order valence-corrected chi connectivity index (χ0v) is 29.2. The highest BCUT2D eigenvalue weighted by Gasteiger charge is 2.24. The standard InChI is InChI=1S/C38H27Cl2N5O3S2/c39-27-16-17-30(31(40)20-27)33-23-49-38(44-33)45-37(48)34(25-10-3-1-4-11-25)50-29-15-7-14-28(21-29)42-36(47)32(19-24-9-8-18-41-22-24)43-35(46)26-12-5-2-6-13-26/h1-23,34H,(H,42,47)(H,43,46)(H,44,45,48)/b32-19-. The van der Waals surface area contributed by atoms with E-state index in [-0.39, 0.29) is 11.6 Å². The molecule has 4 aromatic carbocycles. The predicted octanol–water partition coefficient (Wildman–Crippen LogP) is 9.39. The molecule has 12 heteroatoms. The molecule has 0 bridgehead atoms. The van der Waals surface area contributed by atoms with Crippen molar-refractivity contribution >= 4 is 80.9 Å². The van der Waals surface area contributed by atoms with Crippen LogP contribution in [0.2, 0.25) is 10.0 Å². The molecule has 0 aliphatic heterocycles. The summed E-state index contributed by atoms with van der Waals surface area (Å²) in [6.07, 6.45) is 4.77. The quantitative estimate of drug-likeness (QED) is 0.0903. The number of aromatic nitrogens is 2. The Labute approximate surface area is 306 Å². The van der Waals surface area contributed by atoms with E-state index in [0.29, 0.717) is 43.2 Å². The summed E-state index contributed by atoms with van der Waals surface area (Å²) >= 11 is 15.0. The molecule has 1 unspecified atom stereocenters. The van der Waals surface area contributed by atoms with Gasteiger partial charge in [-0.05, 0) is 71.8 Å². The molecule has 3 amide bonds. The van der Waals surface area contributed by atoms with Gasteiger partial charge in [0.15, 0.2) is 5.13 Å². The average Bonchev–Trinajstić information content (AvgIpc) is 3.59. The maximum atomic E-state index is 13.8. The zero-order chi connectivity index (χ0) is 34.9. The van der Waals surface area contributed by atoms with Crippen molar-refractivity contribution in [1.82, 2.24) is 15.3 Å². The van der Waals surface area contributed by atoms with Crippen molar-refractivity contribution in [2.75, 3.05) is 10.6 Å². The first kappa shape index (κ1) is 34.6. The van der Waals surface area contributed by atoms with Crippen LogP contribution >= 0.6 is 46.3 Å². The summed E-state index contributed by atoms with van der Waals surface area (Å²) in [5, 5.41) is 11.1. The van der Waals surface area contributed by atoms with E-state index >= 15 is 0 Å². The van der Waals surface area contributed by atoms with Gasteiger partial charge in [0.2, 0.25) is 5.91 Å². The fourth-order valence-corrected chi connectivity index (χ4v) is 7.08. The van der Waals surface area contributed by atoms with Crippen molar-refractivity contribution in [2.24, 2.45) is 0 Å². The predicted molar refractivity (Wildman–Crippen MR) is 202 cm³/mol. The maximum absolute atomic E-state index is 13.8. The number of hydrogen-bond donors (Lipinski definition) is 3. The third kappa shape index (κ3) is 9.04. The van der Waals surface area contributed by atoms with Crippen LogP contribution in [-0.2, 0) is 9.59 Å². The number of halogens is 2. The number of benzene rings is 4. The first-order chi connectivity index (χ1) is 24.3. The van der Waals surface area contributed by atoms with E-state index in [1.54, 1.807) is 97.3 Å². The minimum Gasteiger partial charge on any atom is -0.321 e. The topological polar surface area (TPSA) is 113 Å². The normalized spacial score (nSPS) is 11.8. The Kier molecular flexibility index (Phi) is 11.4. The molecule has 6 rings (SSSR count). The maximum Gasteiger partial charge on any atom is 0.272 e. The second-order valence-electron chi connectivity index (χ2n) is 10.7. The zero-order valence-electron chi connectivity index (χ0n) is 26.0. The number of carbonyl (C=O) groups excluding carboxylic acids is 3. The summed E-state index contributed by atoms with van der Waals surface area (Å²) in [7, 11) is 0. The lowest BCUT2D eigenvalue weighted by atomic mass is 10.1. The van der Waals surface area contributed by atoms with Gasteiger partial charge < -0.3 is 16.0 Å². The Morgan fingerprint density at radius 2 is 1.60 bits per heavy atom.